The van der Waals surface area contributed by atoms with Gasteiger partial charge in [-0.3, -0.25) is 9.59 Å². The zero-order valence-corrected chi connectivity index (χ0v) is 17.8. The molecule has 0 aromatic heterocycles. The third kappa shape index (κ3) is 3.64. The maximum atomic E-state index is 13.4. The molecule has 0 radical (unpaired) electrons. The minimum absolute atomic E-state index is 0.0424. The Morgan fingerprint density at radius 1 is 1.19 bits per heavy atom. The van der Waals surface area contributed by atoms with E-state index in [1.807, 2.05) is 20.8 Å². The van der Waals surface area contributed by atoms with Crippen molar-refractivity contribution in [2.45, 2.75) is 92.4 Å². The van der Waals surface area contributed by atoms with Gasteiger partial charge in [0.15, 0.2) is 0 Å². The second kappa shape index (κ2) is 6.75. The van der Waals surface area contributed by atoms with E-state index in [-0.39, 0.29) is 18.0 Å². The van der Waals surface area contributed by atoms with Crippen LogP contribution in [-0.2, 0) is 14.3 Å². The fourth-order valence-electron chi connectivity index (χ4n) is 6.33. The van der Waals surface area contributed by atoms with E-state index in [1.54, 1.807) is 0 Å². The van der Waals surface area contributed by atoms with Crippen molar-refractivity contribution in [3.8, 4) is 0 Å². The third-order valence-electron chi connectivity index (χ3n) is 7.56. The molecule has 3 rings (SSSR count). The Balaban J connectivity index is 1.82. The van der Waals surface area contributed by atoms with Crippen molar-refractivity contribution in [2.24, 2.45) is 34.0 Å². The fourth-order valence-corrected chi connectivity index (χ4v) is 6.33. The smallest absolute Gasteiger partial charge is 0.312 e. The summed E-state index contributed by atoms with van der Waals surface area (Å²) in [6.07, 6.45) is 3.86. The number of rotatable bonds is 3. The van der Waals surface area contributed by atoms with Crippen LogP contribution in [0.3, 0.4) is 0 Å². The van der Waals surface area contributed by atoms with Crippen LogP contribution in [-0.4, -0.2) is 29.3 Å². The highest BCUT2D eigenvalue weighted by atomic mass is 16.5. The van der Waals surface area contributed by atoms with Crippen LogP contribution in [0.2, 0.25) is 0 Å². The molecule has 0 aromatic rings. The molecule has 5 nitrogen and oxygen atoms in total. The van der Waals surface area contributed by atoms with Crippen LogP contribution in [0.1, 0.15) is 80.1 Å². The van der Waals surface area contributed by atoms with E-state index in [4.69, 9.17) is 4.74 Å². The average molecular weight is 380 g/mol. The first-order valence-corrected chi connectivity index (χ1v) is 10.6. The topological polar surface area (TPSA) is 75.6 Å². The molecule has 5 heteroatoms. The van der Waals surface area contributed by atoms with Crippen molar-refractivity contribution in [1.82, 2.24) is 5.32 Å². The Labute approximate surface area is 163 Å². The first-order valence-electron chi connectivity index (χ1n) is 10.6. The molecule has 154 valence electrons. The summed E-state index contributed by atoms with van der Waals surface area (Å²) in [5.74, 6) is 1.11. The number of amides is 1. The summed E-state index contributed by atoms with van der Waals surface area (Å²) in [5.41, 5.74) is -1.90. The zero-order valence-electron chi connectivity index (χ0n) is 17.8. The Hall–Kier alpha value is -1.10. The number of hydrogen-bond acceptors (Lipinski definition) is 4. The van der Waals surface area contributed by atoms with Crippen molar-refractivity contribution in [3.63, 3.8) is 0 Å². The first-order chi connectivity index (χ1) is 12.4. The summed E-state index contributed by atoms with van der Waals surface area (Å²) in [5, 5.41) is 13.2. The van der Waals surface area contributed by atoms with Crippen LogP contribution in [0, 0.1) is 34.0 Å². The fraction of sp³-hybridized carbons (Fsp3) is 0.909. The van der Waals surface area contributed by atoms with Gasteiger partial charge >= 0.3 is 5.97 Å². The van der Waals surface area contributed by atoms with Crippen LogP contribution in [0.25, 0.3) is 0 Å². The van der Waals surface area contributed by atoms with Crippen LogP contribution in [0.4, 0.5) is 0 Å². The minimum Gasteiger partial charge on any atom is -0.462 e. The number of fused-ring (bicyclic) bond motifs is 2. The van der Waals surface area contributed by atoms with E-state index in [2.05, 4.69) is 26.1 Å². The van der Waals surface area contributed by atoms with Crippen molar-refractivity contribution in [3.05, 3.63) is 0 Å². The molecule has 1 amide bonds. The molecular formula is C22H37NO4. The van der Waals surface area contributed by atoms with Gasteiger partial charge in [0.25, 0.3) is 0 Å². The van der Waals surface area contributed by atoms with Crippen molar-refractivity contribution in [1.29, 1.82) is 0 Å². The highest BCUT2D eigenvalue weighted by Gasteiger charge is 2.61. The van der Waals surface area contributed by atoms with E-state index < -0.39 is 22.5 Å². The summed E-state index contributed by atoms with van der Waals surface area (Å²) in [7, 11) is 0. The van der Waals surface area contributed by atoms with Crippen LogP contribution >= 0.6 is 0 Å². The highest BCUT2D eigenvalue weighted by molar-refractivity contribution is 5.86. The Bertz CT molecular complexity index is 619. The molecule has 1 heterocycles. The van der Waals surface area contributed by atoms with Gasteiger partial charge in [0.2, 0.25) is 5.91 Å². The van der Waals surface area contributed by atoms with Gasteiger partial charge in [-0.2, -0.15) is 0 Å². The third-order valence-corrected chi connectivity index (χ3v) is 7.56. The Kier molecular flexibility index (Phi) is 5.16. The van der Waals surface area contributed by atoms with Crippen molar-refractivity contribution >= 4 is 11.9 Å². The molecule has 2 saturated carbocycles. The number of hydrogen-bond donors (Lipinski definition) is 2. The predicted molar refractivity (Wildman–Crippen MR) is 104 cm³/mol. The van der Waals surface area contributed by atoms with E-state index in [9.17, 15) is 14.7 Å². The maximum Gasteiger partial charge on any atom is 0.312 e. The number of ether oxygens (including phenoxy) is 1. The van der Waals surface area contributed by atoms with Gasteiger partial charge in [0.1, 0.15) is 12.3 Å². The second-order valence-corrected chi connectivity index (χ2v) is 11.0. The normalized spacial score (nSPS) is 47.5. The average Bonchev–Trinajstić information content (AvgIpc) is 2.52. The molecule has 1 unspecified atom stereocenters. The monoisotopic (exact) mass is 379 g/mol. The largest absolute Gasteiger partial charge is 0.462 e. The van der Waals surface area contributed by atoms with E-state index in [0.29, 0.717) is 37.0 Å². The molecule has 7 atom stereocenters. The predicted octanol–water partition coefficient (Wildman–Crippen LogP) is 3.64. The molecule has 1 saturated heterocycles. The number of carbonyl (C=O) groups is 2. The zero-order chi connectivity index (χ0) is 20.2. The minimum atomic E-state index is -0.913. The number of aliphatic hydroxyl groups is 1. The van der Waals surface area contributed by atoms with Gasteiger partial charge in [-0.25, -0.2) is 0 Å². The SMILES string of the molecule is CC(C)[C@@H]1CC[C@@H](C)C[C@H]1OC(=O)[C@@]1(C)C[C@]2(C)C[C@](C)(C1)C(O)NC2=O. The Morgan fingerprint density at radius 2 is 1.85 bits per heavy atom. The summed E-state index contributed by atoms with van der Waals surface area (Å²) < 4.78 is 6.15. The molecule has 2 bridgehead atoms. The summed E-state index contributed by atoms with van der Waals surface area (Å²) in [6, 6.07) is 0. The summed E-state index contributed by atoms with van der Waals surface area (Å²) in [6.45, 7) is 12.4. The molecule has 0 spiro atoms. The van der Waals surface area contributed by atoms with Gasteiger partial charge in [-0.05, 0) is 56.8 Å². The number of esters is 1. The number of carbonyl (C=O) groups excluding carboxylic acids is 2. The molecule has 2 aliphatic carbocycles. The second-order valence-electron chi connectivity index (χ2n) is 11.0. The number of piperidine rings is 1. The highest BCUT2D eigenvalue weighted by Crippen LogP contribution is 2.58. The molecule has 3 aliphatic rings. The van der Waals surface area contributed by atoms with Crippen LogP contribution < -0.4 is 5.32 Å². The molecule has 3 fully saturated rings. The standard InChI is InChI=1S/C22H37NO4/c1-13(2)15-8-7-14(3)9-16(15)27-19(26)22(6)11-20(4)10-21(5,12-22)18(25)23-17(20)24/h13-17,24H,7-12H2,1-6H3,(H,23,25)/t14-,15+,16-,17?,20-,21+,22-/m1/s1. The molecule has 27 heavy (non-hydrogen) atoms. The summed E-state index contributed by atoms with van der Waals surface area (Å²) in [4.78, 5) is 25.9. The lowest BCUT2D eigenvalue weighted by Gasteiger charge is -2.56. The van der Waals surface area contributed by atoms with Gasteiger partial charge in [-0.1, -0.05) is 41.0 Å². The van der Waals surface area contributed by atoms with E-state index in [0.717, 1.165) is 12.8 Å². The lowest BCUT2D eigenvalue weighted by Crippen LogP contribution is -2.65. The quantitative estimate of drug-likeness (QED) is 0.734. The van der Waals surface area contributed by atoms with Gasteiger partial charge < -0.3 is 15.2 Å². The van der Waals surface area contributed by atoms with Gasteiger partial charge in [0.05, 0.1) is 5.41 Å². The lowest BCUT2D eigenvalue weighted by molar-refractivity contribution is -0.190. The summed E-state index contributed by atoms with van der Waals surface area (Å²) >= 11 is 0. The molecule has 2 N–H and O–H groups in total. The number of aliphatic hydroxyl groups excluding tert-OH is 1. The Morgan fingerprint density at radius 3 is 2.48 bits per heavy atom. The van der Waals surface area contributed by atoms with Crippen molar-refractivity contribution < 1.29 is 19.4 Å². The maximum absolute atomic E-state index is 13.4. The molecule has 0 aromatic carbocycles. The van der Waals surface area contributed by atoms with Crippen LogP contribution in [0.5, 0.6) is 0 Å². The van der Waals surface area contributed by atoms with E-state index in [1.165, 1.54) is 6.42 Å². The van der Waals surface area contributed by atoms with Gasteiger partial charge in [0, 0.05) is 10.8 Å². The van der Waals surface area contributed by atoms with Crippen molar-refractivity contribution in [2.75, 3.05) is 0 Å². The van der Waals surface area contributed by atoms with Gasteiger partial charge in [-0.15, -0.1) is 0 Å². The first kappa shape index (κ1) is 20.6. The van der Waals surface area contributed by atoms with Crippen LogP contribution in [0.15, 0.2) is 0 Å². The number of nitrogens with one attached hydrogen (secondary N) is 1. The lowest BCUT2D eigenvalue weighted by atomic mass is 9.52. The molecule has 1 aliphatic heterocycles. The molecular weight excluding hydrogens is 342 g/mol. The van der Waals surface area contributed by atoms with E-state index >= 15 is 0 Å².